The van der Waals surface area contributed by atoms with Crippen molar-refractivity contribution in [1.29, 1.82) is 0 Å². The van der Waals surface area contributed by atoms with Crippen molar-refractivity contribution in [3.63, 3.8) is 0 Å². The van der Waals surface area contributed by atoms with Crippen molar-refractivity contribution in [2.45, 2.75) is 74.6 Å². The molecule has 1 aromatic carbocycles. The standard InChI is InChI=1S/C15H17.C10H15.Hf/c1-10-4-5-11-6-12-8-15(2,3)9-13(12)7-14(10)11;1-6-7(2)9(4)10(5)8(6)3;/h4-7H,8-9H2,1-3H3;1-5H3;. The van der Waals surface area contributed by atoms with Gasteiger partial charge in [0.15, 0.2) is 0 Å². The van der Waals surface area contributed by atoms with Crippen LogP contribution < -0.4 is 0 Å². The topological polar surface area (TPSA) is 0 Å². The zero-order valence-corrected chi connectivity index (χ0v) is 21.3. The second-order valence-corrected chi connectivity index (χ2v) is 18.2. The minimum absolute atomic E-state index is 0.319. The first-order valence-electron chi connectivity index (χ1n) is 9.98. The van der Waals surface area contributed by atoms with Crippen molar-refractivity contribution < 1.29 is 22.9 Å². The van der Waals surface area contributed by atoms with Crippen LogP contribution >= 0.6 is 0 Å². The first-order chi connectivity index (χ1) is 12.0. The fourth-order valence-corrected chi connectivity index (χ4v) is 13.8. The van der Waals surface area contributed by atoms with Crippen LogP contribution in [0, 0.1) is 5.41 Å². The molecule has 1 atom stereocenters. The van der Waals surface area contributed by atoms with Crippen LogP contribution in [0.15, 0.2) is 40.5 Å². The molecule has 1 heteroatoms. The third-order valence-corrected chi connectivity index (χ3v) is 15.5. The molecule has 0 heterocycles. The summed E-state index contributed by atoms with van der Waals surface area (Å²) < 4.78 is 0.687. The predicted octanol–water partition coefficient (Wildman–Crippen LogP) is 7.00. The van der Waals surface area contributed by atoms with E-state index in [2.05, 4.69) is 79.7 Å². The van der Waals surface area contributed by atoms with Crippen LogP contribution in [-0.2, 0) is 38.9 Å². The van der Waals surface area contributed by atoms with Crippen molar-refractivity contribution >= 4 is 6.08 Å². The van der Waals surface area contributed by atoms with E-state index in [1.807, 2.05) is 0 Å². The summed E-state index contributed by atoms with van der Waals surface area (Å²) in [7, 11) is 0. The van der Waals surface area contributed by atoms with E-state index in [1.165, 1.54) is 18.4 Å². The molecular weight excluding hydrogens is 479 g/mol. The number of hydrogen-bond acceptors (Lipinski definition) is 0. The SMILES string of the molecule is CC1=C(C)[C](C)([Hf][C]2(C)C=Cc3cc4c(cc32)CC(C)(C)C4)C(C)=C1C. The maximum absolute atomic E-state index is 2.60. The Bertz CT molecular complexity index is 882. The number of benzene rings is 1. The van der Waals surface area contributed by atoms with Crippen LogP contribution in [0.25, 0.3) is 6.08 Å². The maximum atomic E-state index is 2.60. The predicted molar refractivity (Wildman–Crippen MR) is 109 cm³/mol. The first kappa shape index (κ1) is 18.7. The molecule has 0 amide bonds. The molecule has 0 saturated heterocycles. The van der Waals surface area contributed by atoms with Gasteiger partial charge in [-0.15, -0.1) is 0 Å². The van der Waals surface area contributed by atoms with Gasteiger partial charge in [-0.25, -0.2) is 0 Å². The van der Waals surface area contributed by atoms with Crippen molar-refractivity contribution in [2.75, 3.05) is 0 Å². The summed E-state index contributed by atoms with van der Waals surface area (Å²) in [6.45, 7) is 19.4. The Balaban J connectivity index is 1.75. The van der Waals surface area contributed by atoms with E-state index < -0.39 is 22.9 Å². The number of rotatable bonds is 2. The molecule has 0 bridgehead atoms. The second-order valence-electron chi connectivity index (χ2n) is 10.0. The molecule has 0 aliphatic heterocycles. The summed E-state index contributed by atoms with van der Waals surface area (Å²) in [5.74, 6) is 0. The number of hydrogen-bond donors (Lipinski definition) is 0. The number of allylic oxidation sites excluding steroid dienone is 5. The van der Waals surface area contributed by atoms with Crippen LogP contribution in [0.2, 0.25) is 3.17 Å². The molecule has 4 rings (SSSR count). The van der Waals surface area contributed by atoms with Gasteiger partial charge < -0.3 is 0 Å². The van der Waals surface area contributed by atoms with Gasteiger partial charge >= 0.3 is 172 Å². The van der Waals surface area contributed by atoms with Gasteiger partial charge in [0.25, 0.3) is 0 Å². The Kier molecular flexibility index (Phi) is 4.06. The van der Waals surface area contributed by atoms with Crippen LogP contribution in [-0.4, -0.2) is 0 Å². The Labute approximate surface area is 171 Å². The van der Waals surface area contributed by atoms with Gasteiger partial charge in [0.2, 0.25) is 0 Å². The third kappa shape index (κ3) is 2.56. The van der Waals surface area contributed by atoms with Crippen LogP contribution in [0.1, 0.15) is 77.6 Å². The van der Waals surface area contributed by atoms with Gasteiger partial charge in [-0.05, 0) is 0 Å². The van der Waals surface area contributed by atoms with Crippen LogP contribution in [0.3, 0.4) is 0 Å². The van der Waals surface area contributed by atoms with E-state index in [4.69, 9.17) is 0 Å². The van der Waals surface area contributed by atoms with Crippen molar-refractivity contribution in [2.24, 2.45) is 5.41 Å². The quantitative estimate of drug-likeness (QED) is 0.376. The molecule has 0 fully saturated rings. The molecule has 0 nitrogen and oxygen atoms in total. The van der Waals surface area contributed by atoms with Crippen molar-refractivity contribution in [3.05, 3.63) is 62.8 Å². The summed E-state index contributed by atoms with van der Waals surface area (Å²) in [4.78, 5) is 0. The van der Waals surface area contributed by atoms with E-state index in [-0.39, 0.29) is 0 Å². The molecule has 0 radical (unpaired) electrons. The fraction of sp³-hybridized carbons (Fsp3) is 0.520. The van der Waals surface area contributed by atoms with Gasteiger partial charge in [0, 0.05) is 0 Å². The van der Waals surface area contributed by atoms with Crippen molar-refractivity contribution in [3.8, 4) is 0 Å². The van der Waals surface area contributed by atoms with Gasteiger partial charge in [-0.3, -0.25) is 0 Å². The van der Waals surface area contributed by atoms with Gasteiger partial charge in [0.1, 0.15) is 0 Å². The van der Waals surface area contributed by atoms with Crippen LogP contribution in [0.4, 0.5) is 0 Å². The zero-order valence-electron chi connectivity index (χ0n) is 17.7. The Morgan fingerprint density at radius 2 is 1.35 bits per heavy atom. The molecule has 0 N–H and O–H groups in total. The van der Waals surface area contributed by atoms with E-state index in [0.717, 1.165) is 0 Å². The molecule has 136 valence electrons. The summed E-state index contributed by atoms with van der Waals surface area (Å²) in [6.07, 6.45) is 7.48. The molecule has 3 aliphatic carbocycles. The average Bonchev–Trinajstić information content (AvgIpc) is 3.08. The van der Waals surface area contributed by atoms with Gasteiger partial charge in [-0.1, -0.05) is 0 Å². The van der Waals surface area contributed by atoms with Gasteiger partial charge in [0.05, 0.1) is 0 Å². The first-order valence-corrected chi connectivity index (χ1v) is 13.6. The summed E-state index contributed by atoms with van der Waals surface area (Å²) >= 11 is -1.08. The van der Waals surface area contributed by atoms with E-state index >= 15 is 0 Å². The molecular formula is C25H32Hf. The molecule has 26 heavy (non-hydrogen) atoms. The summed E-state index contributed by atoms with van der Waals surface area (Å²) in [5.41, 5.74) is 13.2. The number of fused-ring (bicyclic) bond motifs is 2. The Morgan fingerprint density at radius 3 is 1.92 bits per heavy atom. The molecule has 0 saturated carbocycles. The summed E-state index contributed by atoms with van der Waals surface area (Å²) in [5, 5.41) is 0. The molecule has 1 aromatic rings. The normalized spacial score (nSPS) is 28.0. The van der Waals surface area contributed by atoms with E-state index in [9.17, 15) is 0 Å². The van der Waals surface area contributed by atoms with Crippen LogP contribution in [0.5, 0.6) is 0 Å². The Morgan fingerprint density at radius 1 is 0.808 bits per heavy atom. The fourth-order valence-electron chi connectivity index (χ4n) is 5.47. The molecule has 3 aliphatic rings. The van der Waals surface area contributed by atoms with E-state index in [0.29, 0.717) is 11.8 Å². The summed E-state index contributed by atoms with van der Waals surface area (Å²) in [6, 6.07) is 5.12. The average molecular weight is 511 g/mol. The minimum atomic E-state index is -1.08. The monoisotopic (exact) mass is 512 g/mol. The molecule has 1 unspecified atom stereocenters. The van der Waals surface area contributed by atoms with Gasteiger partial charge in [-0.2, -0.15) is 0 Å². The zero-order chi connectivity index (χ0) is 19.1. The second kappa shape index (κ2) is 5.66. The van der Waals surface area contributed by atoms with E-state index in [1.54, 1.807) is 39.0 Å². The molecule has 0 spiro atoms. The molecule has 0 aromatic heterocycles. The van der Waals surface area contributed by atoms with Crippen molar-refractivity contribution in [1.82, 2.24) is 0 Å². The Hall–Kier alpha value is -0.690. The third-order valence-electron chi connectivity index (χ3n) is 7.56.